The third-order valence-electron chi connectivity index (χ3n) is 2.39. The minimum absolute atomic E-state index is 0.0381. The largest absolute Gasteiger partial charge is 0.586 e. The lowest BCUT2D eigenvalue weighted by Crippen LogP contribution is -2.56. The third kappa shape index (κ3) is 1.12. The fourth-order valence-corrected chi connectivity index (χ4v) is 1.68. The topological polar surface area (TPSA) is 15.9 Å². The average Bonchev–Trinajstić information content (AvgIpc) is 2.39. The summed E-state index contributed by atoms with van der Waals surface area (Å²) in [6.07, 6.45) is 1.40. The van der Waals surface area contributed by atoms with Gasteiger partial charge in [-0.1, -0.05) is 11.6 Å². The summed E-state index contributed by atoms with van der Waals surface area (Å²) in [5.74, 6) is 0.453. The van der Waals surface area contributed by atoms with E-state index in [1.165, 1.54) is 6.20 Å². The Morgan fingerprint density at radius 1 is 1.36 bits per heavy atom. The molecule has 0 saturated heterocycles. The number of hydrogen-bond donors (Lipinski definition) is 1. The van der Waals surface area contributed by atoms with Gasteiger partial charge >= 0.3 is 6.84 Å². The van der Waals surface area contributed by atoms with Crippen LogP contribution in [0.4, 0.5) is 14.4 Å². The summed E-state index contributed by atoms with van der Waals surface area (Å²) in [4.78, 5) is 0. The SMILES string of the molecule is CC(C)=C1Nc2cccc[n+]2[B-]1(F)F. The van der Waals surface area contributed by atoms with Crippen LogP contribution in [0.25, 0.3) is 0 Å². The summed E-state index contributed by atoms with van der Waals surface area (Å²) < 4.78 is 28.5. The zero-order valence-corrected chi connectivity index (χ0v) is 8.09. The van der Waals surface area contributed by atoms with E-state index >= 15 is 0 Å². The molecule has 2 heterocycles. The first kappa shape index (κ1) is 9.18. The molecule has 1 N–H and O–H groups in total. The number of halogens is 2. The van der Waals surface area contributed by atoms with Gasteiger partial charge in [0, 0.05) is 12.3 Å². The van der Waals surface area contributed by atoms with Crippen molar-refractivity contribution in [3.8, 4) is 0 Å². The van der Waals surface area contributed by atoms with Crippen LogP contribution in [0.5, 0.6) is 0 Å². The molecule has 0 saturated carbocycles. The summed E-state index contributed by atoms with van der Waals surface area (Å²) in [5, 5.41) is 2.74. The van der Waals surface area contributed by atoms with Crippen LogP contribution < -0.4 is 9.79 Å². The Hall–Kier alpha value is -1.39. The van der Waals surface area contributed by atoms with E-state index in [-0.39, 0.29) is 5.60 Å². The van der Waals surface area contributed by atoms with E-state index < -0.39 is 6.84 Å². The van der Waals surface area contributed by atoms with E-state index in [0.717, 1.165) is 4.48 Å². The highest BCUT2D eigenvalue weighted by Crippen LogP contribution is 2.26. The molecule has 0 bridgehead atoms. The van der Waals surface area contributed by atoms with E-state index in [2.05, 4.69) is 5.32 Å². The van der Waals surface area contributed by atoms with Gasteiger partial charge in [0.1, 0.15) is 0 Å². The highest BCUT2D eigenvalue weighted by Gasteiger charge is 2.48. The maximum Gasteiger partial charge on any atom is 0.586 e. The molecule has 0 atom stereocenters. The number of allylic oxidation sites excluding steroid dienone is 1. The standard InChI is InChI=1S/C9H11BF2N2/c1-7(2)9-10(11,12)14-6-4-3-5-8(14)13-9/h3-6,13H,1-2H3. The number of hydrogen-bond acceptors (Lipinski definition) is 1. The summed E-state index contributed by atoms with van der Waals surface area (Å²) in [6, 6.07) is 4.99. The second-order valence-corrected chi connectivity index (χ2v) is 3.66. The molecule has 0 amide bonds. The van der Waals surface area contributed by atoms with Gasteiger partial charge in [-0.25, -0.2) is 0 Å². The van der Waals surface area contributed by atoms with Crippen LogP contribution in [0, 0.1) is 0 Å². The first-order valence-corrected chi connectivity index (χ1v) is 4.50. The minimum Gasteiger partial charge on any atom is -0.430 e. The molecule has 2 nitrogen and oxygen atoms in total. The number of aromatic nitrogens is 1. The zero-order chi connectivity index (χ0) is 10.3. The van der Waals surface area contributed by atoms with Gasteiger partial charge in [0.2, 0.25) is 5.82 Å². The molecule has 74 valence electrons. The van der Waals surface area contributed by atoms with Gasteiger partial charge in [-0.3, -0.25) is 5.32 Å². The van der Waals surface area contributed by atoms with Crippen molar-refractivity contribution in [3.05, 3.63) is 35.6 Å². The quantitative estimate of drug-likeness (QED) is 0.627. The Balaban J connectivity index is 2.62. The number of anilines is 1. The van der Waals surface area contributed by atoms with Gasteiger partial charge in [0.15, 0.2) is 0 Å². The van der Waals surface area contributed by atoms with E-state index in [0.29, 0.717) is 11.4 Å². The van der Waals surface area contributed by atoms with Crippen LogP contribution in [0.15, 0.2) is 35.6 Å². The fraction of sp³-hybridized carbons (Fsp3) is 0.222. The molecule has 0 unspecified atom stereocenters. The number of nitrogens with one attached hydrogen (secondary N) is 1. The third-order valence-corrected chi connectivity index (χ3v) is 2.39. The van der Waals surface area contributed by atoms with Crippen molar-refractivity contribution >= 4 is 12.7 Å². The average molecular weight is 196 g/mol. The van der Waals surface area contributed by atoms with Crippen LogP contribution in [-0.4, -0.2) is 6.84 Å². The van der Waals surface area contributed by atoms with Crippen LogP contribution in [0.1, 0.15) is 13.8 Å². The summed E-state index contributed by atoms with van der Waals surface area (Å²) >= 11 is 0. The summed E-state index contributed by atoms with van der Waals surface area (Å²) in [5.41, 5.74) is 0.662. The van der Waals surface area contributed by atoms with Crippen LogP contribution in [0.3, 0.4) is 0 Å². The predicted molar refractivity (Wildman–Crippen MR) is 52.0 cm³/mol. The van der Waals surface area contributed by atoms with E-state index in [1.807, 2.05) is 0 Å². The lowest BCUT2D eigenvalue weighted by molar-refractivity contribution is -0.543. The number of pyridine rings is 1. The fourth-order valence-electron chi connectivity index (χ4n) is 1.68. The molecule has 1 aromatic heterocycles. The smallest absolute Gasteiger partial charge is 0.430 e. The molecule has 1 aliphatic heterocycles. The normalized spacial score (nSPS) is 17.6. The van der Waals surface area contributed by atoms with Crippen LogP contribution in [0.2, 0.25) is 0 Å². The van der Waals surface area contributed by atoms with Crippen molar-refractivity contribution in [2.24, 2.45) is 0 Å². The highest BCUT2D eigenvalue weighted by molar-refractivity contribution is 6.67. The maximum atomic E-state index is 13.8. The number of rotatable bonds is 0. The second-order valence-electron chi connectivity index (χ2n) is 3.66. The molecule has 5 heteroatoms. The molecule has 0 aliphatic carbocycles. The number of nitrogens with zero attached hydrogens (tertiary/aromatic N) is 1. The van der Waals surface area contributed by atoms with Crippen molar-refractivity contribution in [3.63, 3.8) is 0 Å². The van der Waals surface area contributed by atoms with Gasteiger partial charge < -0.3 is 13.1 Å². The number of fused-ring (bicyclic) bond motifs is 1. The monoisotopic (exact) mass is 196 g/mol. The molecular weight excluding hydrogens is 185 g/mol. The lowest BCUT2D eigenvalue weighted by atomic mass is 9.74. The van der Waals surface area contributed by atoms with Gasteiger partial charge in [0.25, 0.3) is 0 Å². The van der Waals surface area contributed by atoms with Crippen molar-refractivity contribution in [2.75, 3.05) is 5.32 Å². The molecule has 0 spiro atoms. The highest BCUT2D eigenvalue weighted by atomic mass is 19.2. The maximum absolute atomic E-state index is 13.8. The summed E-state index contributed by atoms with van der Waals surface area (Å²) in [7, 11) is 0. The Kier molecular flexibility index (Phi) is 1.84. The second kappa shape index (κ2) is 2.80. The van der Waals surface area contributed by atoms with Crippen molar-refractivity contribution in [1.29, 1.82) is 0 Å². The molecule has 14 heavy (non-hydrogen) atoms. The predicted octanol–water partition coefficient (Wildman–Crippen LogP) is 1.96. The first-order valence-electron chi connectivity index (χ1n) is 4.50. The lowest BCUT2D eigenvalue weighted by Gasteiger charge is -2.14. The van der Waals surface area contributed by atoms with Gasteiger partial charge in [-0.15, -0.1) is 0 Å². The van der Waals surface area contributed by atoms with Crippen molar-refractivity contribution < 1.29 is 13.1 Å². The van der Waals surface area contributed by atoms with Crippen molar-refractivity contribution in [2.45, 2.75) is 13.8 Å². The van der Waals surface area contributed by atoms with Gasteiger partial charge in [-0.2, -0.15) is 0 Å². The van der Waals surface area contributed by atoms with Gasteiger partial charge in [-0.05, 0) is 19.9 Å². The Labute approximate surface area is 81.3 Å². The molecule has 0 aromatic carbocycles. The van der Waals surface area contributed by atoms with Crippen LogP contribution >= 0.6 is 0 Å². The molecule has 1 aliphatic rings. The van der Waals surface area contributed by atoms with E-state index in [1.54, 1.807) is 32.0 Å². The van der Waals surface area contributed by atoms with E-state index in [4.69, 9.17) is 0 Å². The zero-order valence-electron chi connectivity index (χ0n) is 8.09. The Bertz CT molecular complexity index is 411. The molecule has 1 aromatic rings. The molecule has 0 fully saturated rings. The Morgan fingerprint density at radius 3 is 2.64 bits per heavy atom. The summed E-state index contributed by atoms with van der Waals surface area (Å²) in [6.45, 7) is -0.263. The van der Waals surface area contributed by atoms with E-state index in [9.17, 15) is 8.63 Å². The van der Waals surface area contributed by atoms with Crippen molar-refractivity contribution in [1.82, 2.24) is 0 Å². The molecular formula is C9H11BF2N2. The van der Waals surface area contributed by atoms with Crippen LogP contribution in [-0.2, 0) is 0 Å². The molecule has 0 radical (unpaired) electrons. The Morgan fingerprint density at radius 2 is 2.07 bits per heavy atom. The minimum atomic E-state index is -3.63. The first-order chi connectivity index (χ1) is 6.53. The van der Waals surface area contributed by atoms with Gasteiger partial charge in [0.05, 0.1) is 5.60 Å². The molecule has 2 rings (SSSR count).